The zero-order chi connectivity index (χ0) is 13.1. The van der Waals surface area contributed by atoms with Gasteiger partial charge >= 0.3 is 0 Å². The average Bonchev–Trinajstić information content (AvgIpc) is 2.65. The molecule has 0 aromatic carbocycles. The molecule has 17 heavy (non-hydrogen) atoms. The van der Waals surface area contributed by atoms with Gasteiger partial charge in [-0.05, 0) is 33.9 Å². The first-order valence-electron chi connectivity index (χ1n) is 5.46. The van der Waals surface area contributed by atoms with Crippen molar-refractivity contribution in [3.05, 3.63) is 11.8 Å². The van der Waals surface area contributed by atoms with Crippen LogP contribution in [0.1, 0.15) is 32.0 Å². The quantitative estimate of drug-likeness (QED) is 0.751. The summed E-state index contributed by atoms with van der Waals surface area (Å²) in [4.78, 5) is 0. The minimum atomic E-state index is -3.28. The third kappa shape index (κ3) is 3.26. The van der Waals surface area contributed by atoms with Crippen LogP contribution in [0.4, 0.5) is 0 Å². The van der Waals surface area contributed by atoms with Gasteiger partial charge in [0.15, 0.2) is 9.84 Å². The number of aromatic nitrogens is 2. The minimum Gasteiger partial charge on any atom is -0.424 e. The summed E-state index contributed by atoms with van der Waals surface area (Å²) >= 11 is 0. The molecule has 0 aliphatic heterocycles. The number of aryl methyl sites for hydroxylation is 1. The zero-order valence-electron chi connectivity index (χ0n) is 10.6. The lowest BCUT2D eigenvalue weighted by Crippen LogP contribution is -2.28. The zero-order valence-corrected chi connectivity index (χ0v) is 11.5. The van der Waals surface area contributed by atoms with Crippen molar-refractivity contribution >= 4 is 9.84 Å². The summed E-state index contributed by atoms with van der Waals surface area (Å²) in [7, 11) is -1.41. The summed E-state index contributed by atoms with van der Waals surface area (Å²) in [5, 5.41) is 10.7. The van der Waals surface area contributed by atoms with E-state index in [2.05, 4.69) is 15.5 Å². The lowest BCUT2D eigenvalue weighted by molar-refractivity contribution is 0.402. The van der Waals surface area contributed by atoms with Crippen molar-refractivity contribution < 1.29 is 12.8 Å². The van der Waals surface area contributed by atoms with Gasteiger partial charge in [0, 0.05) is 12.7 Å². The van der Waals surface area contributed by atoms with E-state index in [0.717, 1.165) is 19.2 Å². The normalized spacial score (nSPS) is 12.9. The molecule has 0 saturated carbocycles. The summed E-state index contributed by atoms with van der Waals surface area (Å²) in [6.45, 7) is 3.98. The van der Waals surface area contributed by atoms with Gasteiger partial charge in [-0.15, -0.1) is 10.2 Å². The molecule has 0 fully saturated rings. The molecule has 0 amide bonds. The maximum atomic E-state index is 11.6. The van der Waals surface area contributed by atoms with Crippen LogP contribution in [0.5, 0.6) is 0 Å². The summed E-state index contributed by atoms with van der Waals surface area (Å²) in [6.07, 6.45) is 2.68. The van der Waals surface area contributed by atoms with E-state index in [0.29, 0.717) is 12.3 Å². The molecule has 6 nitrogen and oxygen atoms in total. The molecule has 0 spiro atoms. The molecular weight excluding hydrogens is 242 g/mol. The van der Waals surface area contributed by atoms with Crippen molar-refractivity contribution in [2.45, 2.75) is 31.4 Å². The number of nitrogens with one attached hydrogen (secondary N) is 1. The third-order valence-corrected chi connectivity index (χ3v) is 4.75. The Morgan fingerprint density at radius 2 is 2.00 bits per heavy atom. The highest BCUT2D eigenvalue weighted by Crippen LogP contribution is 2.27. The monoisotopic (exact) mass is 261 g/mol. The molecule has 1 aromatic heterocycles. The number of nitrogens with zero attached hydrogens (tertiary/aromatic N) is 2. The lowest BCUT2D eigenvalue weighted by Gasteiger charge is -2.16. The Balaban J connectivity index is 2.81. The highest BCUT2D eigenvalue weighted by atomic mass is 32.2. The van der Waals surface area contributed by atoms with Crippen molar-refractivity contribution in [3.63, 3.8) is 0 Å². The predicted molar refractivity (Wildman–Crippen MR) is 64.4 cm³/mol. The van der Waals surface area contributed by atoms with Crippen LogP contribution >= 0.6 is 0 Å². The van der Waals surface area contributed by atoms with Gasteiger partial charge in [0.2, 0.25) is 11.8 Å². The average molecular weight is 261 g/mol. The SMILES string of the molecule is CNCCCc1nnc(C(C)(C)S(C)(=O)=O)o1. The molecule has 0 radical (unpaired) electrons. The molecule has 1 N–H and O–H groups in total. The van der Waals surface area contributed by atoms with Gasteiger partial charge in [0.05, 0.1) is 0 Å². The van der Waals surface area contributed by atoms with Crippen molar-refractivity contribution in [2.24, 2.45) is 0 Å². The number of sulfone groups is 1. The van der Waals surface area contributed by atoms with Gasteiger partial charge in [-0.2, -0.15) is 0 Å². The molecule has 1 aromatic rings. The number of rotatable bonds is 6. The molecule has 7 heteroatoms. The largest absolute Gasteiger partial charge is 0.424 e. The molecule has 98 valence electrons. The van der Waals surface area contributed by atoms with Crippen LogP contribution in [0.15, 0.2) is 4.42 Å². The first-order valence-corrected chi connectivity index (χ1v) is 7.35. The van der Waals surface area contributed by atoms with E-state index in [1.165, 1.54) is 0 Å². The van der Waals surface area contributed by atoms with E-state index in [1.807, 2.05) is 7.05 Å². The summed E-state index contributed by atoms with van der Waals surface area (Å²) < 4.78 is 27.4. The highest BCUT2D eigenvalue weighted by molar-refractivity contribution is 7.91. The molecule has 0 aliphatic rings. The summed E-state index contributed by atoms with van der Waals surface area (Å²) in [5.41, 5.74) is 0. The van der Waals surface area contributed by atoms with Crippen LogP contribution in [0.2, 0.25) is 0 Å². The van der Waals surface area contributed by atoms with Crippen molar-refractivity contribution in [1.82, 2.24) is 15.5 Å². The van der Waals surface area contributed by atoms with Gasteiger partial charge in [-0.25, -0.2) is 8.42 Å². The molecule has 0 atom stereocenters. The Morgan fingerprint density at radius 3 is 2.53 bits per heavy atom. The second-order valence-electron chi connectivity index (χ2n) is 4.49. The molecule has 0 saturated heterocycles. The molecule has 1 heterocycles. The van der Waals surface area contributed by atoms with Gasteiger partial charge in [0.1, 0.15) is 4.75 Å². The van der Waals surface area contributed by atoms with E-state index >= 15 is 0 Å². The summed E-state index contributed by atoms with van der Waals surface area (Å²) in [5.74, 6) is 0.631. The first-order chi connectivity index (χ1) is 7.79. The predicted octanol–water partition coefficient (Wildman–Crippen LogP) is 0.501. The van der Waals surface area contributed by atoms with E-state index in [-0.39, 0.29) is 5.89 Å². The minimum absolute atomic E-state index is 0.152. The topological polar surface area (TPSA) is 85.1 Å². The lowest BCUT2D eigenvalue weighted by atomic mass is 10.2. The fourth-order valence-corrected chi connectivity index (χ4v) is 1.57. The first kappa shape index (κ1) is 14.1. The Labute approximate surface area is 102 Å². The van der Waals surface area contributed by atoms with E-state index in [4.69, 9.17) is 4.42 Å². The Bertz CT molecular complexity index is 465. The molecule has 1 rings (SSSR count). The highest BCUT2D eigenvalue weighted by Gasteiger charge is 2.37. The summed E-state index contributed by atoms with van der Waals surface area (Å²) in [6, 6.07) is 0. The fraction of sp³-hybridized carbons (Fsp3) is 0.800. The standard InChI is InChI=1S/C10H19N3O3S/c1-10(2,17(4,14)15)9-13-12-8(16-9)6-5-7-11-3/h11H,5-7H2,1-4H3. The van der Waals surface area contributed by atoms with Gasteiger partial charge in [-0.1, -0.05) is 0 Å². The van der Waals surface area contributed by atoms with Crippen LogP contribution in [-0.4, -0.2) is 38.5 Å². The fourth-order valence-electron chi connectivity index (χ4n) is 1.17. The van der Waals surface area contributed by atoms with Crippen LogP contribution < -0.4 is 5.32 Å². The van der Waals surface area contributed by atoms with Gasteiger partial charge < -0.3 is 9.73 Å². The Hall–Kier alpha value is -0.950. The second kappa shape index (κ2) is 5.14. The van der Waals surface area contributed by atoms with E-state index < -0.39 is 14.6 Å². The third-order valence-electron chi connectivity index (χ3n) is 2.73. The Morgan fingerprint density at radius 1 is 1.35 bits per heavy atom. The van der Waals surface area contributed by atoms with Crippen LogP contribution in [0.3, 0.4) is 0 Å². The van der Waals surface area contributed by atoms with Crippen LogP contribution in [0, 0.1) is 0 Å². The van der Waals surface area contributed by atoms with Crippen molar-refractivity contribution in [3.8, 4) is 0 Å². The molecule has 0 bridgehead atoms. The second-order valence-corrected chi connectivity index (χ2v) is 7.06. The molecule has 0 aliphatic carbocycles. The van der Waals surface area contributed by atoms with Crippen LogP contribution in [-0.2, 0) is 21.0 Å². The van der Waals surface area contributed by atoms with Gasteiger partial charge in [0.25, 0.3) is 0 Å². The van der Waals surface area contributed by atoms with Crippen molar-refractivity contribution in [1.29, 1.82) is 0 Å². The number of hydrogen-bond donors (Lipinski definition) is 1. The maximum absolute atomic E-state index is 11.6. The van der Waals surface area contributed by atoms with Crippen molar-refractivity contribution in [2.75, 3.05) is 19.8 Å². The van der Waals surface area contributed by atoms with Crippen LogP contribution in [0.25, 0.3) is 0 Å². The van der Waals surface area contributed by atoms with Gasteiger partial charge in [-0.3, -0.25) is 0 Å². The van der Waals surface area contributed by atoms with E-state index in [1.54, 1.807) is 13.8 Å². The Kier molecular flexibility index (Phi) is 4.26. The maximum Gasteiger partial charge on any atom is 0.237 e. The molecule has 0 unspecified atom stereocenters. The molecular formula is C10H19N3O3S. The van der Waals surface area contributed by atoms with E-state index in [9.17, 15) is 8.42 Å². The smallest absolute Gasteiger partial charge is 0.237 e. The number of hydrogen-bond acceptors (Lipinski definition) is 6.